The fourth-order valence-electron chi connectivity index (χ4n) is 2.08. The van der Waals surface area contributed by atoms with Gasteiger partial charge in [0.25, 0.3) is 0 Å². The Balaban J connectivity index is 2.14. The van der Waals surface area contributed by atoms with Crippen LogP contribution in [0.3, 0.4) is 0 Å². The van der Waals surface area contributed by atoms with Crippen LogP contribution in [0.2, 0.25) is 4.34 Å². The standard InChI is InChI=1S/C17H15ClN2O4S/c1-12(22)20(10-14(23)15-7-8-16(18)25-15)17(24)19(11-21)9-13-5-3-2-4-6-13/h2-8,11H,9-10H2,1H3. The highest BCUT2D eigenvalue weighted by atomic mass is 35.5. The van der Waals surface area contributed by atoms with Gasteiger partial charge in [-0.25, -0.2) is 4.79 Å². The van der Waals surface area contributed by atoms with Gasteiger partial charge in [-0.1, -0.05) is 41.9 Å². The minimum Gasteiger partial charge on any atom is -0.291 e. The van der Waals surface area contributed by atoms with Crippen molar-refractivity contribution in [3.05, 3.63) is 57.2 Å². The normalized spacial score (nSPS) is 10.2. The van der Waals surface area contributed by atoms with Crippen molar-refractivity contribution in [1.29, 1.82) is 0 Å². The number of hydrogen-bond acceptors (Lipinski definition) is 5. The number of Topliss-reactive ketones (excluding diaryl/α,β-unsaturated/α-hetero) is 1. The molecular weight excluding hydrogens is 364 g/mol. The van der Waals surface area contributed by atoms with Crippen molar-refractivity contribution in [2.45, 2.75) is 13.5 Å². The third kappa shape index (κ3) is 4.98. The van der Waals surface area contributed by atoms with Crippen LogP contribution in [0, 0.1) is 0 Å². The molecule has 25 heavy (non-hydrogen) atoms. The molecular formula is C17H15ClN2O4S. The summed E-state index contributed by atoms with van der Waals surface area (Å²) in [6, 6.07) is 11.1. The molecule has 0 radical (unpaired) electrons. The van der Waals surface area contributed by atoms with Crippen LogP contribution in [0.1, 0.15) is 22.2 Å². The lowest BCUT2D eigenvalue weighted by molar-refractivity contribution is -0.126. The van der Waals surface area contributed by atoms with Gasteiger partial charge < -0.3 is 0 Å². The number of imide groups is 2. The summed E-state index contributed by atoms with van der Waals surface area (Å²) >= 11 is 6.86. The number of benzene rings is 1. The van der Waals surface area contributed by atoms with Crippen LogP contribution in [0.5, 0.6) is 0 Å². The van der Waals surface area contributed by atoms with Crippen molar-refractivity contribution >= 4 is 47.1 Å². The summed E-state index contributed by atoms with van der Waals surface area (Å²) in [4.78, 5) is 49.8. The molecule has 0 saturated heterocycles. The van der Waals surface area contributed by atoms with Gasteiger partial charge in [0, 0.05) is 6.92 Å². The molecule has 0 unspecified atom stereocenters. The second-order valence-electron chi connectivity index (χ2n) is 5.13. The SMILES string of the molecule is CC(=O)N(CC(=O)c1ccc(Cl)s1)C(=O)N(C=O)Cc1ccccc1. The third-order valence-corrected chi connectivity index (χ3v) is 4.60. The van der Waals surface area contributed by atoms with E-state index in [1.54, 1.807) is 30.3 Å². The fourth-order valence-corrected chi connectivity index (χ4v) is 3.06. The molecule has 0 N–H and O–H groups in total. The maximum atomic E-state index is 12.5. The van der Waals surface area contributed by atoms with E-state index in [9.17, 15) is 19.2 Å². The Hall–Kier alpha value is -2.51. The number of carbonyl (C=O) groups excluding carboxylic acids is 4. The molecule has 0 aliphatic heterocycles. The summed E-state index contributed by atoms with van der Waals surface area (Å²) in [5, 5.41) is 0. The smallest absolute Gasteiger partial charge is 0.291 e. The van der Waals surface area contributed by atoms with Crippen LogP contribution >= 0.6 is 22.9 Å². The lowest BCUT2D eigenvalue weighted by atomic mass is 10.2. The molecule has 6 nitrogen and oxygen atoms in total. The minimum absolute atomic E-state index is 0.00593. The summed E-state index contributed by atoms with van der Waals surface area (Å²) in [5.41, 5.74) is 0.725. The summed E-state index contributed by atoms with van der Waals surface area (Å²) in [5.74, 6) is -1.05. The Morgan fingerprint density at radius 3 is 2.32 bits per heavy atom. The predicted molar refractivity (Wildman–Crippen MR) is 94.5 cm³/mol. The van der Waals surface area contributed by atoms with Crippen LogP contribution in [0.25, 0.3) is 0 Å². The van der Waals surface area contributed by atoms with Gasteiger partial charge in [0.2, 0.25) is 12.3 Å². The maximum absolute atomic E-state index is 12.5. The Labute approximate surface area is 153 Å². The zero-order valence-corrected chi connectivity index (χ0v) is 14.9. The van der Waals surface area contributed by atoms with E-state index in [1.807, 2.05) is 6.07 Å². The van der Waals surface area contributed by atoms with Gasteiger partial charge >= 0.3 is 6.03 Å². The van der Waals surface area contributed by atoms with E-state index >= 15 is 0 Å². The van der Waals surface area contributed by atoms with E-state index in [4.69, 9.17) is 11.6 Å². The van der Waals surface area contributed by atoms with Crippen LogP contribution in [-0.4, -0.2) is 40.5 Å². The molecule has 0 fully saturated rings. The topological polar surface area (TPSA) is 74.8 Å². The first kappa shape index (κ1) is 18.8. The van der Waals surface area contributed by atoms with Crippen molar-refractivity contribution in [3.63, 3.8) is 0 Å². The Morgan fingerprint density at radius 1 is 1.12 bits per heavy atom. The summed E-state index contributed by atoms with van der Waals surface area (Å²) in [6.45, 7) is 0.716. The number of thiophene rings is 1. The number of halogens is 1. The summed E-state index contributed by atoms with van der Waals surface area (Å²) in [6.07, 6.45) is 0.345. The maximum Gasteiger partial charge on any atom is 0.333 e. The molecule has 1 aromatic heterocycles. The zero-order valence-electron chi connectivity index (χ0n) is 13.3. The third-order valence-electron chi connectivity index (χ3n) is 3.33. The average molecular weight is 379 g/mol. The van der Waals surface area contributed by atoms with Crippen LogP contribution in [0.4, 0.5) is 4.79 Å². The van der Waals surface area contributed by atoms with E-state index < -0.39 is 24.3 Å². The zero-order chi connectivity index (χ0) is 18.4. The Morgan fingerprint density at radius 2 is 1.80 bits per heavy atom. The van der Waals surface area contributed by atoms with E-state index in [0.717, 1.165) is 33.6 Å². The van der Waals surface area contributed by atoms with Crippen molar-refractivity contribution in [2.75, 3.05) is 6.54 Å². The van der Waals surface area contributed by atoms with E-state index in [0.29, 0.717) is 15.6 Å². The highest BCUT2D eigenvalue weighted by Crippen LogP contribution is 2.22. The van der Waals surface area contributed by atoms with Gasteiger partial charge in [0.15, 0.2) is 5.78 Å². The Kier molecular flexibility index (Phi) is 6.44. The quantitative estimate of drug-likeness (QED) is 0.571. The molecule has 1 heterocycles. The van der Waals surface area contributed by atoms with Crippen molar-refractivity contribution in [1.82, 2.24) is 9.80 Å². The molecule has 0 atom stereocenters. The first-order chi connectivity index (χ1) is 11.9. The first-order valence-corrected chi connectivity index (χ1v) is 8.48. The van der Waals surface area contributed by atoms with Crippen LogP contribution < -0.4 is 0 Å². The van der Waals surface area contributed by atoms with E-state index in [-0.39, 0.29) is 6.54 Å². The van der Waals surface area contributed by atoms with Gasteiger partial charge in [-0.3, -0.25) is 24.2 Å². The number of carbonyl (C=O) groups is 4. The highest BCUT2D eigenvalue weighted by Gasteiger charge is 2.27. The first-order valence-electron chi connectivity index (χ1n) is 7.29. The van der Waals surface area contributed by atoms with Crippen LogP contribution in [-0.2, 0) is 16.1 Å². The molecule has 0 spiro atoms. The molecule has 0 bridgehead atoms. The number of ketones is 1. The second-order valence-corrected chi connectivity index (χ2v) is 6.85. The minimum atomic E-state index is -0.845. The van der Waals surface area contributed by atoms with Gasteiger partial charge in [-0.2, -0.15) is 0 Å². The lowest BCUT2D eigenvalue weighted by Crippen LogP contribution is -2.46. The number of hydrogen-bond donors (Lipinski definition) is 0. The van der Waals surface area contributed by atoms with Gasteiger partial charge in [-0.15, -0.1) is 11.3 Å². The monoisotopic (exact) mass is 378 g/mol. The fraction of sp³-hybridized carbons (Fsp3) is 0.176. The van der Waals surface area contributed by atoms with Crippen molar-refractivity contribution < 1.29 is 19.2 Å². The van der Waals surface area contributed by atoms with Crippen LogP contribution in [0.15, 0.2) is 42.5 Å². The molecule has 130 valence electrons. The molecule has 0 aliphatic carbocycles. The van der Waals surface area contributed by atoms with Gasteiger partial charge in [-0.05, 0) is 17.7 Å². The van der Waals surface area contributed by atoms with Crippen molar-refractivity contribution in [3.8, 4) is 0 Å². The number of rotatable bonds is 6. The lowest BCUT2D eigenvalue weighted by Gasteiger charge is -2.24. The Bertz CT molecular complexity index is 791. The van der Waals surface area contributed by atoms with Crippen molar-refractivity contribution in [2.24, 2.45) is 0 Å². The highest BCUT2D eigenvalue weighted by molar-refractivity contribution is 7.18. The van der Waals surface area contributed by atoms with E-state index in [2.05, 4.69) is 0 Å². The molecule has 2 rings (SSSR count). The number of amides is 4. The second kappa shape index (κ2) is 8.55. The molecule has 4 amide bonds. The van der Waals surface area contributed by atoms with E-state index in [1.165, 1.54) is 6.07 Å². The summed E-state index contributed by atoms with van der Waals surface area (Å²) < 4.78 is 0.433. The molecule has 0 aliphatic rings. The molecule has 2 aromatic rings. The molecule has 1 aromatic carbocycles. The number of nitrogens with zero attached hydrogens (tertiary/aromatic N) is 2. The molecule has 0 saturated carbocycles. The summed E-state index contributed by atoms with van der Waals surface area (Å²) in [7, 11) is 0. The van der Waals surface area contributed by atoms with Gasteiger partial charge in [0.05, 0.1) is 22.3 Å². The van der Waals surface area contributed by atoms with Gasteiger partial charge in [0.1, 0.15) is 0 Å². The predicted octanol–water partition coefficient (Wildman–Crippen LogP) is 3.21. The molecule has 8 heteroatoms. The average Bonchev–Trinajstić information content (AvgIpc) is 3.04. The largest absolute Gasteiger partial charge is 0.333 e. The number of urea groups is 1.